The molecule has 0 spiro atoms. The number of ether oxygens (including phenoxy) is 1. The third-order valence-corrected chi connectivity index (χ3v) is 4.56. The highest BCUT2D eigenvalue weighted by atomic mass is 127. The van der Waals surface area contributed by atoms with Crippen LogP contribution in [0.4, 0.5) is 0 Å². The van der Waals surface area contributed by atoms with Crippen molar-refractivity contribution in [2.24, 2.45) is 0 Å². The van der Waals surface area contributed by atoms with Gasteiger partial charge in [-0.2, -0.15) is 0 Å². The van der Waals surface area contributed by atoms with Gasteiger partial charge in [0.2, 0.25) is 0 Å². The Kier molecular flexibility index (Phi) is 3.97. The van der Waals surface area contributed by atoms with E-state index in [1.807, 2.05) is 7.05 Å². The van der Waals surface area contributed by atoms with E-state index in [1.54, 1.807) is 0 Å². The van der Waals surface area contributed by atoms with Crippen LogP contribution in [0.1, 0.15) is 36.6 Å². The van der Waals surface area contributed by atoms with Crippen molar-refractivity contribution in [3.8, 4) is 5.75 Å². The van der Waals surface area contributed by atoms with Crippen LogP contribution >= 0.6 is 22.6 Å². The first-order chi connectivity index (χ1) is 9.98. The number of nitrogens with one attached hydrogen (secondary N) is 1. The minimum absolute atomic E-state index is 0.0851. The summed E-state index contributed by atoms with van der Waals surface area (Å²) in [6.07, 6.45) is 0.971. The second-order valence-corrected chi connectivity index (χ2v) is 7.43. The molecule has 1 N–H and O–H groups in total. The van der Waals surface area contributed by atoms with Crippen LogP contribution in [-0.2, 0) is 6.42 Å². The Labute approximate surface area is 140 Å². The molecule has 0 amide bonds. The molecule has 2 aromatic rings. The molecule has 1 aliphatic heterocycles. The van der Waals surface area contributed by atoms with Crippen LogP contribution in [0.3, 0.4) is 0 Å². The summed E-state index contributed by atoms with van der Waals surface area (Å²) in [5.41, 5.74) is 3.81. The monoisotopic (exact) mass is 393 g/mol. The lowest BCUT2D eigenvalue weighted by atomic mass is 9.94. The van der Waals surface area contributed by atoms with Gasteiger partial charge in [-0.15, -0.1) is 0 Å². The molecular weight excluding hydrogens is 373 g/mol. The molecular formula is C18H20INO. The number of hydrogen-bond donors (Lipinski definition) is 1. The summed E-state index contributed by atoms with van der Waals surface area (Å²) < 4.78 is 7.23. The number of hydrogen-bond acceptors (Lipinski definition) is 2. The maximum absolute atomic E-state index is 5.97. The lowest BCUT2D eigenvalue weighted by Crippen LogP contribution is -2.24. The van der Waals surface area contributed by atoms with Crippen LogP contribution in [0.5, 0.6) is 5.75 Å². The molecule has 2 aromatic carbocycles. The third kappa shape index (κ3) is 3.09. The van der Waals surface area contributed by atoms with Crippen LogP contribution < -0.4 is 10.1 Å². The van der Waals surface area contributed by atoms with Gasteiger partial charge in [-0.25, -0.2) is 0 Å². The number of fused-ring (bicyclic) bond motifs is 1. The minimum Gasteiger partial charge on any atom is -0.487 e. The summed E-state index contributed by atoms with van der Waals surface area (Å²) in [6, 6.07) is 15.4. The van der Waals surface area contributed by atoms with Gasteiger partial charge in [0.05, 0.1) is 6.04 Å². The van der Waals surface area contributed by atoms with E-state index < -0.39 is 0 Å². The molecule has 0 aliphatic carbocycles. The first kappa shape index (κ1) is 14.9. The van der Waals surface area contributed by atoms with E-state index in [1.165, 1.54) is 20.3 Å². The molecule has 0 saturated heterocycles. The molecule has 0 radical (unpaired) electrons. The summed E-state index contributed by atoms with van der Waals surface area (Å²) in [4.78, 5) is 0. The molecule has 3 heteroatoms. The Morgan fingerprint density at radius 2 is 1.90 bits per heavy atom. The van der Waals surface area contributed by atoms with Crippen molar-refractivity contribution in [2.45, 2.75) is 31.9 Å². The van der Waals surface area contributed by atoms with E-state index in [-0.39, 0.29) is 11.6 Å². The highest BCUT2D eigenvalue weighted by molar-refractivity contribution is 14.1. The smallest absolute Gasteiger partial charge is 0.123 e. The lowest BCUT2D eigenvalue weighted by Gasteiger charge is -2.18. The fraction of sp³-hybridized carbons (Fsp3) is 0.333. The molecule has 0 aromatic heterocycles. The Morgan fingerprint density at radius 3 is 2.62 bits per heavy atom. The van der Waals surface area contributed by atoms with E-state index in [2.05, 4.69) is 84.2 Å². The molecule has 1 atom stereocenters. The van der Waals surface area contributed by atoms with Gasteiger partial charge in [0.1, 0.15) is 11.4 Å². The summed E-state index contributed by atoms with van der Waals surface area (Å²) in [6.45, 7) is 4.28. The maximum Gasteiger partial charge on any atom is 0.123 e. The van der Waals surface area contributed by atoms with Crippen molar-refractivity contribution < 1.29 is 4.74 Å². The van der Waals surface area contributed by atoms with E-state index in [0.29, 0.717) is 0 Å². The zero-order valence-corrected chi connectivity index (χ0v) is 14.8. The lowest BCUT2D eigenvalue weighted by molar-refractivity contribution is 0.138. The molecule has 110 valence electrons. The second-order valence-electron chi connectivity index (χ2n) is 6.18. The number of benzene rings is 2. The summed E-state index contributed by atoms with van der Waals surface area (Å²) in [5, 5.41) is 3.43. The fourth-order valence-corrected chi connectivity index (χ4v) is 3.59. The standard InChI is InChI=1S/C18H20INO/c1-18(2)11-14-9-13(7-8-16(14)21-18)17(20-3)12-5-4-6-15(19)10-12/h4-10,17,20H,11H2,1-3H3. The van der Waals surface area contributed by atoms with Crippen LogP contribution in [-0.4, -0.2) is 12.6 Å². The highest BCUT2D eigenvalue weighted by Crippen LogP contribution is 2.37. The Morgan fingerprint density at radius 1 is 1.14 bits per heavy atom. The van der Waals surface area contributed by atoms with E-state index in [4.69, 9.17) is 4.74 Å². The fourth-order valence-electron chi connectivity index (χ4n) is 3.02. The molecule has 1 heterocycles. The zero-order chi connectivity index (χ0) is 15.0. The Balaban J connectivity index is 1.96. The molecule has 1 unspecified atom stereocenters. The molecule has 0 bridgehead atoms. The van der Waals surface area contributed by atoms with Crippen molar-refractivity contribution in [1.82, 2.24) is 5.32 Å². The normalized spacial score (nSPS) is 17.1. The van der Waals surface area contributed by atoms with Crippen LogP contribution in [0.2, 0.25) is 0 Å². The molecule has 21 heavy (non-hydrogen) atoms. The summed E-state index contributed by atoms with van der Waals surface area (Å²) in [7, 11) is 2.01. The van der Waals surface area contributed by atoms with Gasteiger partial charge in [-0.05, 0) is 78.4 Å². The van der Waals surface area contributed by atoms with Crippen molar-refractivity contribution >= 4 is 22.6 Å². The predicted octanol–water partition coefficient (Wildman–Crippen LogP) is 4.31. The highest BCUT2D eigenvalue weighted by Gasteiger charge is 2.30. The Bertz CT molecular complexity index is 666. The summed E-state index contributed by atoms with van der Waals surface area (Å²) in [5.74, 6) is 1.03. The van der Waals surface area contributed by atoms with E-state index in [9.17, 15) is 0 Å². The van der Waals surface area contributed by atoms with Gasteiger partial charge in [0.25, 0.3) is 0 Å². The van der Waals surface area contributed by atoms with Gasteiger partial charge in [0, 0.05) is 9.99 Å². The van der Waals surface area contributed by atoms with E-state index in [0.717, 1.165) is 12.2 Å². The summed E-state index contributed by atoms with van der Waals surface area (Å²) >= 11 is 2.36. The van der Waals surface area contributed by atoms with Crippen LogP contribution in [0.25, 0.3) is 0 Å². The number of rotatable bonds is 3. The van der Waals surface area contributed by atoms with Crippen LogP contribution in [0, 0.1) is 3.57 Å². The molecule has 2 nitrogen and oxygen atoms in total. The van der Waals surface area contributed by atoms with Gasteiger partial charge >= 0.3 is 0 Å². The van der Waals surface area contributed by atoms with Crippen molar-refractivity contribution in [2.75, 3.05) is 7.05 Å². The average Bonchev–Trinajstić information content (AvgIpc) is 2.73. The quantitative estimate of drug-likeness (QED) is 0.785. The maximum atomic E-state index is 5.97. The molecule has 3 rings (SSSR count). The zero-order valence-electron chi connectivity index (χ0n) is 12.6. The third-order valence-electron chi connectivity index (χ3n) is 3.89. The second kappa shape index (κ2) is 5.61. The van der Waals surface area contributed by atoms with Gasteiger partial charge in [-0.1, -0.05) is 24.3 Å². The van der Waals surface area contributed by atoms with Gasteiger partial charge < -0.3 is 10.1 Å². The van der Waals surface area contributed by atoms with Crippen LogP contribution in [0.15, 0.2) is 42.5 Å². The predicted molar refractivity (Wildman–Crippen MR) is 94.9 cm³/mol. The van der Waals surface area contributed by atoms with Crippen molar-refractivity contribution in [3.63, 3.8) is 0 Å². The molecule has 0 fully saturated rings. The molecule has 1 aliphatic rings. The number of halogens is 1. The Hall–Kier alpha value is -1.07. The average molecular weight is 393 g/mol. The topological polar surface area (TPSA) is 21.3 Å². The van der Waals surface area contributed by atoms with Crippen molar-refractivity contribution in [1.29, 1.82) is 0 Å². The van der Waals surface area contributed by atoms with Gasteiger partial charge in [0.15, 0.2) is 0 Å². The minimum atomic E-state index is -0.0851. The molecule has 0 saturated carbocycles. The van der Waals surface area contributed by atoms with Gasteiger partial charge in [-0.3, -0.25) is 0 Å². The largest absolute Gasteiger partial charge is 0.487 e. The first-order valence-electron chi connectivity index (χ1n) is 7.23. The SMILES string of the molecule is CNC(c1cccc(I)c1)c1ccc2c(c1)CC(C)(C)O2. The van der Waals surface area contributed by atoms with E-state index >= 15 is 0 Å². The van der Waals surface area contributed by atoms with Crippen molar-refractivity contribution in [3.05, 3.63) is 62.7 Å². The first-order valence-corrected chi connectivity index (χ1v) is 8.31.